The molecule has 0 saturated heterocycles. The van der Waals surface area contributed by atoms with Crippen LogP contribution >= 0.6 is 0 Å². The van der Waals surface area contributed by atoms with Crippen molar-refractivity contribution < 1.29 is 0 Å². The Labute approximate surface area is 103 Å². The molecule has 2 heterocycles. The Balaban J connectivity index is 2.23. The van der Waals surface area contributed by atoms with Crippen molar-refractivity contribution >= 4 is 24.3 Å². The smallest absolute Gasteiger partial charge is 0.141 e. The van der Waals surface area contributed by atoms with Gasteiger partial charge in [-0.25, -0.2) is 4.98 Å². The van der Waals surface area contributed by atoms with E-state index in [1.54, 1.807) is 0 Å². The molecular formula is C13H18BN3. The van der Waals surface area contributed by atoms with Crippen LogP contribution in [-0.4, -0.2) is 30.5 Å². The molecule has 0 radical (unpaired) electrons. The van der Waals surface area contributed by atoms with Crippen molar-refractivity contribution in [3.8, 4) is 0 Å². The molecule has 4 heteroatoms. The molecule has 3 nitrogen and oxygen atoms in total. The molecule has 17 heavy (non-hydrogen) atoms. The van der Waals surface area contributed by atoms with E-state index in [2.05, 4.69) is 42.9 Å². The van der Waals surface area contributed by atoms with Crippen molar-refractivity contribution in [1.29, 1.82) is 0 Å². The number of nitrogens with one attached hydrogen (secondary N) is 1. The first-order chi connectivity index (χ1) is 8.20. The molecule has 1 aliphatic carbocycles. The van der Waals surface area contributed by atoms with Crippen molar-refractivity contribution in [2.24, 2.45) is 7.05 Å². The first kappa shape index (κ1) is 10.8. The molecule has 2 aromatic heterocycles. The standard InChI is InChI=1S/C13H18BN3/c1-15-9-3-4-12-10(6-9)11-5-8(14)7-16-13(11)17(12)2/h5,7,9,15H,3-4,6,14H2,1-2H3. The van der Waals surface area contributed by atoms with Crippen LogP contribution in [0.5, 0.6) is 0 Å². The lowest BCUT2D eigenvalue weighted by atomic mass is 9.90. The van der Waals surface area contributed by atoms with Gasteiger partial charge in [0.2, 0.25) is 0 Å². The van der Waals surface area contributed by atoms with E-state index in [-0.39, 0.29) is 0 Å². The van der Waals surface area contributed by atoms with Gasteiger partial charge in [-0.2, -0.15) is 0 Å². The van der Waals surface area contributed by atoms with Crippen LogP contribution in [0.15, 0.2) is 12.3 Å². The van der Waals surface area contributed by atoms with Crippen molar-refractivity contribution in [1.82, 2.24) is 14.9 Å². The molecule has 2 aromatic rings. The Kier molecular flexibility index (Phi) is 2.47. The number of aryl methyl sites for hydroxylation is 1. The second-order valence-electron chi connectivity index (χ2n) is 5.10. The van der Waals surface area contributed by atoms with Gasteiger partial charge in [0, 0.05) is 30.4 Å². The van der Waals surface area contributed by atoms with Crippen LogP contribution in [-0.2, 0) is 19.9 Å². The Morgan fingerprint density at radius 3 is 3.12 bits per heavy atom. The van der Waals surface area contributed by atoms with E-state index >= 15 is 0 Å². The van der Waals surface area contributed by atoms with Crippen LogP contribution in [0, 0.1) is 0 Å². The number of likely N-dealkylation sites (N-methyl/N-ethyl adjacent to an activating group) is 1. The fraction of sp³-hybridized carbons (Fsp3) is 0.462. The second-order valence-corrected chi connectivity index (χ2v) is 5.10. The molecule has 0 saturated carbocycles. The molecule has 0 fully saturated rings. The molecule has 3 rings (SSSR count). The maximum absolute atomic E-state index is 4.58. The highest BCUT2D eigenvalue weighted by Crippen LogP contribution is 2.29. The number of rotatable bonds is 1. The SMILES string of the molecule is Bc1cnc2c(c1)c1c(n2C)CCC(NC)C1. The fourth-order valence-electron chi connectivity index (χ4n) is 2.99. The quantitative estimate of drug-likeness (QED) is 0.690. The zero-order chi connectivity index (χ0) is 12.0. The summed E-state index contributed by atoms with van der Waals surface area (Å²) in [6.07, 6.45) is 5.48. The molecule has 1 unspecified atom stereocenters. The summed E-state index contributed by atoms with van der Waals surface area (Å²) in [5.41, 5.74) is 5.36. The lowest BCUT2D eigenvalue weighted by Gasteiger charge is -2.22. The summed E-state index contributed by atoms with van der Waals surface area (Å²) in [6, 6.07) is 2.90. The number of hydrogen-bond acceptors (Lipinski definition) is 2. The number of fused-ring (bicyclic) bond motifs is 3. The topological polar surface area (TPSA) is 29.9 Å². The predicted octanol–water partition coefficient (Wildman–Crippen LogP) is -0.0916. The molecule has 0 aromatic carbocycles. The average Bonchev–Trinajstić information content (AvgIpc) is 2.62. The van der Waals surface area contributed by atoms with E-state index in [0.29, 0.717) is 6.04 Å². The second kappa shape index (κ2) is 3.88. The Hall–Kier alpha value is -1.29. The Morgan fingerprint density at radius 2 is 2.35 bits per heavy atom. The van der Waals surface area contributed by atoms with E-state index in [4.69, 9.17) is 0 Å². The zero-order valence-electron chi connectivity index (χ0n) is 10.7. The van der Waals surface area contributed by atoms with Gasteiger partial charge in [-0.1, -0.05) is 11.5 Å². The summed E-state index contributed by atoms with van der Waals surface area (Å²) < 4.78 is 2.27. The van der Waals surface area contributed by atoms with Crippen molar-refractivity contribution in [3.05, 3.63) is 23.5 Å². The van der Waals surface area contributed by atoms with Crippen LogP contribution in [0.4, 0.5) is 0 Å². The van der Waals surface area contributed by atoms with Crippen LogP contribution in [0.2, 0.25) is 0 Å². The summed E-state index contributed by atoms with van der Waals surface area (Å²) >= 11 is 0. The molecule has 88 valence electrons. The summed E-state index contributed by atoms with van der Waals surface area (Å²) in [6.45, 7) is 0. The van der Waals surface area contributed by atoms with Gasteiger partial charge in [0.05, 0.1) is 0 Å². The van der Waals surface area contributed by atoms with Gasteiger partial charge >= 0.3 is 0 Å². The van der Waals surface area contributed by atoms with Gasteiger partial charge in [-0.15, -0.1) is 0 Å². The molecule has 0 spiro atoms. The summed E-state index contributed by atoms with van der Waals surface area (Å²) in [5, 5.41) is 4.75. The zero-order valence-corrected chi connectivity index (χ0v) is 10.7. The Morgan fingerprint density at radius 1 is 1.53 bits per heavy atom. The number of hydrogen-bond donors (Lipinski definition) is 1. The minimum Gasteiger partial charge on any atom is -0.332 e. The number of pyridine rings is 1. The minimum absolute atomic E-state index is 0.619. The summed E-state index contributed by atoms with van der Waals surface area (Å²) in [4.78, 5) is 4.58. The molecule has 0 amide bonds. The molecule has 1 N–H and O–H groups in total. The highest BCUT2D eigenvalue weighted by atomic mass is 15.0. The first-order valence-corrected chi connectivity index (χ1v) is 6.30. The van der Waals surface area contributed by atoms with Crippen LogP contribution in [0.25, 0.3) is 11.0 Å². The van der Waals surface area contributed by atoms with Gasteiger partial charge < -0.3 is 9.88 Å². The Bertz CT molecular complexity index is 574. The average molecular weight is 227 g/mol. The lowest BCUT2D eigenvalue weighted by molar-refractivity contribution is 0.488. The summed E-state index contributed by atoms with van der Waals surface area (Å²) in [5.74, 6) is 0. The molecule has 1 atom stereocenters. The highest BCUT2D eigenvalue weighted by Gasteiger charge is 2.23. The van der Waals surface area contributed by atoms with Gasteiger partial charge in [0.1, 0.15) is 13.5 Å². The maximum atomic E-state index is 4.58. The lowest BCUT2D eigenvalue weighted by Crippen LogP contribution is -2.31. The molecular weight excluding hydrogens is 209 g/mol. The third kappa shape index (κ3) is 1.59. The third-order valence-electron chi connectivity index (χ3n) is 3.99. The predicted molar refractivity (Wildman–Crippen MR) is 73.8 cm³/mol. The van der Waals surface area contributed by atoms with Crippen molar-refractivity contribution in [2.75, 3.05) is 7.05 Å². The third-order valence-corrected chi connectivity index (χ3v) is 3.99. The van der Waals surface area contributed by atoms with E-state index < -0.39 is 0 Å². The normalized spacial score (nSPS) is 19.5. The monoisotopic (exact) mass is 227 g/mol. The molecule has 0 bridgehead atoms. The minimum atomic E-state index is 0.619. The van der Waals surface area contributed by atoms with Gasteiger partial charge in [-0.05, 0) is 31.9 Å². The van der Waals surface area contributed by atoms with Gasteiger partial charge in [-0.3, -0.25) is 0 Å². The maximum Gasteiger partial charge on any atom is 0.141 e. The highest BCUT2D eigenvalue weighted by molar-refractivity contribution is 6.32. The number of aromatic nitrogens is 2. The van der Waals surface area contributed by atoms with E-state index in [9.17, 15) is 0 Å². The van der Waals surface area contributed by atoms with Crippen LogP contribution in [0.3, 0.4) is 0 Å². The van der Waals surface area contributed by atoms with E-state index in [1.165, 1.54) is 28.5 Å². The van der Waals surface area contributed by atoms with Crippen LogP contribution in [0.1, 0.15) is 17.7 Å². The van der Waals surface area contributed by atoms with Crippen molar-refractivity contribution in [3.63, 3.8) is 0 Å². The number of nitrogens with zero attached hydrogens (tertiary/aromatic N) is 2. The largest absolute Gasteiger partial charge is 0.332 e. The van der Waals surface area contributed by atoms with Crippen LogP contribution < -0.4 is 10.8 Å². The molecule has 1 aliphatic rings. The van der Waals surface area contributed by atoms with Gasteiger partial charge in [0.25, 0.3) is 0 Å². The van der Waals surface area contributed by atoms with Gasteiger partial charge in [0.15, 0.2) is 0 Å². The fourth-order valence-corrected chi connectivity index (χ4v) is 2.99. The van der Waals surface area contributed by atoms with E-state index in [0.717, 1.165) is 18.5 Å². The first-order valence-electron chi connectivity index (χ1n) is 6.30. The molecule has 0 aliphatic heterocycles. The summed E-state index contributed by atoms with van der Waals surface area (Å²) in [7, 11) is 6.32. The van der Waals surface area contributed by atoms with E-state index in [1.807, 2.05) is 6.20 Å². The van der Waals surface area contributed by atoms with Crippen molar-refractivity contribution in [2.45, 2.75) is 25.3 Å².